The van der Waals surface area contributed by atoms with Crippen LogP contribution < -0.4 is 15.9 Å². The second kappa shape index (κ2) is 9.01. The summed E-state index contributed by atoms with van der Waals surface area (Å²) < 4.78 is 5.56. The third-order valence-corrected chi connectivity index (χ3v) is 4.27. The predicted molar refractivity (Wildman–Crippen MR) is 102 cm³/mol. The Morgan fingerprint density at radius 3 is 2.58 bits per heavy atom. The molecule has 2 aliphatic rings. The molecule has 1 N–H and O–H groups in total. The Hall–Kier alpha value is -2.11. The van der Waals surface area contributed by atoms with Gasteiger partial charge in [0.25, 0.3) is 6.47 Å². The van der Waals surface area contributed by atoms with E-state index in [0.717, 1.165) is 47.0 Å². The van der Waals surface area contributed by atoms with Crippen molar-refractivity contribution in [2.75, 3.05) is 32.8 Å². The molecule has 1 fully saturated rings. The molecule has 0 bridgehead atoms. The molecular weight excluding hydrogens is 398 g/mol. The summed E-state index contributed by atoms with van der Waals surface area (Å²) in [6.07, 6.45) is 2.24. The Morgan fingerprint density at radius 1 is 1.35 bits per heavy atom. The second-order valence-electron chi connectivity index (χ2n) is 6.88. The molecule has 0 amide bonds. The summed E-state index contributed by atoms with van der Waals surface area (Å²) in [4.78, 5) is 18.0. The summed E-state index contributed by atoms with van der Waals surface area (Å²) in [5.74, 6) is 0.982. The first-order valence-corrected chi connectivity index (χ1v) is 9.24. The number of carbonyl (C=O) groups excluding carboxylic acids is 1. The van der Waals surface area contributed by atoms with Crippen LogP contribution in [0.1, 0.15) is 20.8 Å². The first-order valence-electron chi connectivity index (χ1n) is 8.44. The number of benzene rings is 1. The zero-order chi connectivity index (χ0) is 19.2. The Balaban J connectivity index is 0.000000298. The molecule has 0 aromatic heterocycles. The molecule has 26 heavy (non-hydrogen) atoms. The van der Waals surface area contributed by atoms with Crippen LogP contribution in [0.4, 0.5) is 0 Å². The highest BCUT2D eigenvalue weighted by Crippen LogP contribution is 2.13. The first kappa shape index (κ1) is 20.2. The van der Waals surface area contributed by atoms with Crippen LogP contribution in [0.15, 0.2) is 27.7 Å². The maximum Gasteiger partial charge on any atom is 0.293 e. The van der Waals surface area contributed by atoms with Gasteiger partial charge in [-0.25, -0.2) is 4.90 Å². The van der Waals surface area contributed by atoms with E-state index in [1.807, 2.05) is 39.0 Å². The number of piperazine rings is 1. The average Bonchev–Trinajstić information content (AvgIpc) is 2.61. The number of hydrogen-bond acceptors (Lipinski definition) is 7. The maximum absolute atomic E-state index is 9.60. The lowest BCUT2D eigenvalue weighted by Crippen LogP contribution is -2.51. The number of fused-ring (bicyclic) bond motifs is 1. The first-order chi connectivity index (χ1) is 12.4. The quantitative estimate of drug-likeness (QED) is 0.560. The highest BCUT2D eigenvalue weighted by Gasteiger charge is 2.22. The van der Waals surface area contributed by atoms with Crippen molar-refractivity contribution in [2.45, 2.75) is 26.4 Å². The van der Waals surface area contributed by atoms with Crippen molar-refractivity contribution < 1.29 is 9.53 Å². The minimum atomic E-state index is -0.318. The monoisotopic (exact) mass is 421 g/mol. The molecule has 0 saturated carbocycles. The number of carbonyl (C=O) groups is 1. The van der Waals surface area contributed by atoms with Gasteiger partial charge in [-0.1, -0.05) is 15.9 Å². The van der Waals surface area contributed by atoms with Gasteiger partial charge in [-0.15, -0.1) is 0 Å². The highest BCUT2D eigenvalue weighted by atomic mass is 79.9. The Kier molecular flexibility index (Phi) is 7.00. The standard InChI is InChI=1S/C13H14BrN5.C5H10O2/c14-10-1-2-12-11(7-10)13(19(8-15)9-17-12)18-5-3-16-4-6-18;1-5(2,3)7-4-6/h1-2,7,16H,3-6,9H2;4H,1-3H3. The van der Waals surface area contributed by atoms with E-state index in [1.165, 1.54) is 0 Å². The minimum Gasteiger partial charge on any atom is -0.462 e. The molecule has 140 valence electrons. The average molecular weight is 422 g/mol. The van der Waals surface area contributed by atoms with Crippen molar-refractivity contribution in [3.63, 3.8) is 0 Å². The largest absolute Gasteiger partial charge is 0.462 e. The van der Waals surface area contributed by atoms with Gasteiger partial charge in [-0.3, -0.25) is 9.79 Å². The van der Waals surface area contributed by atoms with Crippen LogP contribution in [0.2, 0.25) is 0 Å². The molecule has 0 spiro atoms. The summed E-state index contributed by atoms with van der Waals surface area (Å²) in [5, 5.41) is 14.7. The molecule has 3 rings (SSSR count). The van der Waals surface area contributed by atoms with Crippen LogP contribution in [0.5, 0.6) is 0 Å². The summed E-state index contributed by atoms with van der Waals surface area (Å²) in [6, 6.07) is 6.02. The lowest BCUT2D eigenvalue weighted by Gasteiger charge is -2.35. The normalized spacial score (nSPS) is 16.5. The third-order valence-electron chi connectivity index (χ3n) is 3.78. The fourth-order valence-electron chi connectivity index (χ4n) is 2.63. The van der Waals surface area contributed by atoms with Crippen molar-refractivity contribution >= 4 is 28.2 Å². The molecule has 1 aromatic carbocycles. The van der Waals surface area contributed by atoms with Crippen LogP contribution >= 0.6 is 15.9 Å². The molecular formula is C18H24BrN5O2. The summed E-state index contributed by atoms with van der Waals surface area (Å²) in [6.45, 7) is 10.1. The van der Waals surface area contributed by atoms with Gasteiger partial charge in [-0.2, -0.15) is 5.26 Å². The molecule has 2 heterocycles. The van der Waals surface area contributed by atoms with Crippen LogP contribution in [0.25, 0.3) is 5.82 Å². The second-order valence-corrected chi connectivity index (χ2v) is 7.79. The van der Waals surface area contributed by atoms with E-state index in [9.17, 15) is 10.1 Å². The number of nitrogens with one attached hydrogen (secondary N) is 1. The maximum atomic E-state index is 9.60. The van der Waals surface area contributed by atoms with Gasteiger partial charge in [0.1, 0.15) is 18.1 Å². The van der Waals surface area contributed by atoms with E-state index in [0.29, 0.717) is 13.1 Å². The number of nitriles is 1. The van der Waals surface area contributed by atoms with Crippen molar-refractivity contribution in [1.29, 1.82) is 5.26 Å². The lowest BCUT2D eigenvalue weighted by molar-refractivity contribution is -0.138. The molecule has 0 unspecified atom stereocenters. The highest BCUT2D eigenvalue weighted by molar-refractivity contribution is 9.10. The molecule has 0 aliphatic carbocycles. The van der Waals surface area contributed by atoms with E-state index < -0.39 is 0 Å². The predicted octanol–water partition coefficient (Wildman–Crippen LogP) is 0.752. The van der Waals surface area contributed by atoms with E-state index in [4.69, 9.17) is 0 Å². The van der Waals surface area contributed by atoms with Crippen molar-refractivity contribution in [3.8, 4) is 6.19 Å². The van der Waals surface area contributed by atoms with E-state index in [1.54, 1.807) is 4.90 Å². The van der Waals surface area contributed by atoms with Crippen LogP contribution in [0.3, 0.4) is 0 Å². The molecule has 8 heteroatoms. The Bertz CT molecular complexity index is 791. The zero-order valence-electron chi connectivity index (χ0n) is 15.3. The molecule has 2 aliphatic heterocycles. The molecule has 0 radical (unpaired) electrons. The topological polar surface area (TPSA) is 81.0 Å². The smallest absolute Gasteiger partial charge is 0.293 e. The number of rotatable bonds is 2. The number of nitrogens with zero attached hydrogens (tertiary/aromatic N) is 4. The zero-order valence-corrected chi connectivity index (χ0v) is 16.9. The molecule has 0 atom stereocenters. The third kappa shape index (κ3) is 5.44. The Labute approximate surface area is 162 Å². The number of hydrogen-bond donors (Lipinski definition) is 1. The summed E-state index contributed by atoms with van der Waals surface area (Å²) >= 11 is 3.50. The Morgan fingerprint density at radius 2 is 2.04 bits per heavy atom. The SMILES string of the molecule is CC(C)(C)OC=O.N#CN1CN=c2ccc(Br)cc2=C1N1CCNCC1. The molecule has 7 nitrogen and oxygen atoms in total. The van der Waals surface area contributed by atoms with Gasteiger partial charge in [0.15, 0.2) is 6.19 Å². The van der Waals surface area contributed by atoms with E-state index in [-0.39, 0.29) is 5.60 Å². The van der Waals surface area contributed by atoms with E-state index >= 15 is 0 Å². The fraction of sp³-hybridized carbons (Fsp3) is 0.500. The van der Waals surface area contributed by atoms with Crippen molar-refractivity contribution in [1.82, 2.24) is 15.1 Å². The van der Waals surface area contributed by atoms with E-state index in [2.05, 4.69) is 42.1 Å². The van der Waals surface area contributed by atoms with Crippen LogP contribution in [-0.4, -0.2) is 54.7 Å². The van der Waals surface area contributed by atoms with Gasteiger partial charge < -0.3 is 15.0 Å². The summed E-state index contributed by atoms with van der Waals surface area (Å²) in [5.41, 5.74) is -0.318. The van der Waals surface area contributed by atoms with Crippen molar-refractivity contribution in [2.24, 2.45) is 4.99 Å². The van der Waals surface area contributed by atoms with Gasteiger partial charge in [0.05, 0.1) is 5.36 Å². The summed E-state index contributed by atoms with van der Waals surface area (Å²) in [7, 11) is 0. The van der Waals surface area contributed by atoms with Crippen LogP contribution in [-0.2, 0) is 9.53 Å². The lowest BCUT2D eigenvalue weighted by atomic mass is 10.2. The number of halogens is 1. The van der Waals surface area contributed by atoms with Crippen LogP contribution in [0, 0.1) is 11.5 Å². The van der Waals surface area contributed by atoms with Gasteiger partial charge >= 0.3 is 0 Å². The molecule has 1 aromatic rings. The fourth-order valence-corrected chi connectivity index (χ4v) is 2.99. The minimum absolute atomic E-state index is 0.318. The van der Waals surface area contributed by atoms with Gasteiger partial charge in [0, 0.05) is 35.9 Å². The number of ether oxygens (including phenoxy) is 1. The van der Waals surface area contributed by atoms with Gasteiger partial charge in [0.2, 0.25) is 0 Å². The molecule has 1 saturated heterocycles. The van der Waals surface area contributed by atoms with Crippen molar-refractivity contribution in [3.05, 3.63) is 33.2 Å². The van der Waals surface area contributed by atoms with Gasteiger partial charge in [-0.05, 0) is 39.0 Å².